The molecule has 140 valence electrons. The Labute approximate surface area is 155 Å². The molecule has 1 aromatic carbocycles. The molecule has 2 saturated heterocycles. The molecule has 3 aliphatic rings. The Kier molecular flexibility index (Phi) is 4.41. The third-order valence-electron chi connectivity index (χ3n) is 6.45. The van der Waals surface area contributed by atoms with Crippen molar-refractivity contribution >= 4 is 17.6 Å². The van der Waals surface area contributed by atoms with E-state index in [1.807, 2.05) is 4.90 Å². The van der Waals surface area contributed by atoms with Gasteiger partial charge in [-0.05, 0) is 49.3 Å². The molecule has 1 aliphatic carbocycles. The molecule has 0 atom stereocenters. The maximum Gasteiger partial charge on any atom is 0.306 e. The van der Waals surface area contributed by atoms with Crippen LogP contribution >= 0.6 is 0 Å². The monoisotopic (exact) mass is 356 g/mol. The summed E-state index contributed by atoms with van der Waals surface area (Å²) in [6.45, 7) is 2.20. The van der Waals surface area contributed by atoms with Gasteiger partial charge in [-0.15, -0.1) is 0 Å². The van der Waals surface area contributed by atoms with Crippen molar-refractivity contribution in [2.45, 2.75) is 38.0 Å². The Morgan fingerprint density at radius 1 is 1.15 bits per heavy atom. The number of cyclic esters (lactones) is 1. The fraction of sp³-hybridized carbons (Fsp3) is 0.619. The maximum atomic E-state index is 12.8. The Bertz CT molecular complexity index is 684. The van der Waals surface area contributed by atoms with Gasteiger partial charge in [0.15, 0.2) is 0 Å². The first-order valence-electron chi connectivity index (χ1n) is 9.67. The Balaban J connectivity index is 1.28. The second-order valence-electron chi connectivity index (χ2n) is 8.53. The Morgan fingerprint density at radius 3 is 2.35 bits per heavy atom. The molecular weight excluding hydrogens is 328 g/mol. The molecule has 0 radical (unpaired) electrons. The fourth-order valence-electron chi connectivity index (χ4n) is 4.80. The molecule has 1 saturated carbocycles. The van der Waals surface area contributed by atoms with Crippen LogP contribution in [-0.4, -0.2) is 50.6 Å². The Hall–Kier alpha value is -2.04. The molecule has 2 aliphatic heterocycles. The molecule has 1 aromatic rings. The molecule has 4 rings (SSSR count). The first-order valence-corrected chi connectivity index (χ1v) is 9.67. The standard InChI is InChI=1S/C21H28N2O3/c1-22(2)18-5-3-15(4-6-18)16-7-9-23(10-8-16)20(25)17-11-21(12-17)13-19(24)26-14-21/h3-6,16-17H,7-14H2,1-2H3. The molecule has 1 amide bonds. The second kappa shape index (κ2) is 6.60. The van der Waals surface area contributed by atoms with Crippen LogP contribution in [0.15, 0.2) is 24.3 Å². The van der Waals surface area contributed by atoms with Crippen LogP contribution in [0.5, 0.6) is 0 Å². The lowest BCUT2D eigenvalue weighted by Gasteiger charge is -2.45. The second-order valence-corrected chi connectivity index (χ2v) is 8.53. The molecule has 26 heavy (non-hydrogen) atoms. The van der Waals surface area contributed by atoms with Crippen LogP contribution < -0.4 is 4.90 Å². The van der Waals surface area contributed by atoms with Gasteiger partial charge in [-0.1, -0.05) is 12.1 Å². The van der Waals surface area contributed by atoms with E-state index in [4.69, 9.17) is 4.74 Å². The topological polar surface area (TPSA) is 49.9 Å². The van der Waals surface area contributed by atoms with Crippen LogP contribution in [0.1, 0.15) is 43.6 Å². The lowest BCUT2D eigenvalue weighted by molar-refractivity contribution is -0.144. The average Bonchev–Trinajstić information content (AvgIpc) is 3.02. The number of anilines is 1. The van der Waals surface area contributed by atoms with Crippen molar-refractivity contribution in [3.63, 3.8) is 0 Å². The molecule has 0 aromatic heterocycles. The highest BCUT2D eigenvalue weighted by Crippen LogP contribution is 2.52. The fourth-order valence-corrected chi connectivity index (χ4v) is 4.80. The number of likely N-dealkylation sites (tertiary alicyclic amines) is 1. The summed E-state index contributed by atoms with van der Waals surface area (Å²) in [5.41, 5.74) is 2.57. The summed E-state index contributed by atoms with van der Waals surface area (Å²) in [5, 5.41) is 0. The van der Waals surface area contributed by atoms with Crippen LogP contribution in [0.3, 0.4) is 0 Å². The molecule has 3 fully saturated rings. The van der Waals surface area contributed by atoms with Crippen molar-refractivity contribution in [2.24, 2.45) is 11.3 Å². The first kappa shape index (κ1) is 17.4. The number of rotatable bonds is 3. The van der Waals surface area contributed by atoms with E-state index in [-0.39, 0.29) is 23.2 Å². The molecule has 0 N–H and O–H groups in total. The highest BCUT2D eigenvalue weighted by Gasteiger charge is 2.53. The smallest absolute Gasteiger partial charge is 0.306 e. The van der Waals surface area contributed by atoms with Crippen LogP contribution in [0.2, 0.25) is 0 Å². The van der Waals surface area contributed by atoms with Crippen LogP contribution in [0, 0.1) is 11.3 Å². The summed E-state index contributed by atoms with van der Waals surface area (Å²) < 4.78 is 5.10. The molecule has 5 nitrogen and oxygen atoms in total. The van der Waals surface area contributed by atoms with Crippen molar-refractivity contribution in [1.82, 2.24) is 4.90 Å². The third kappa shape index (κ3) is 3.19. The van der Waals surface area contributed by atoms with Crippen molar-refractivity contribution in [3.05, 3.63) is 29.8 Å². The van der Waals surface area contributed by atoms with Gasteiger partial charge in [0.25, 0.3) is 0 Å². The van der Waals surface area contributed by atoms with Gasteiger partial charge in [-0.2, -0.15) is 0 Å². The molecule has 5 heteroatoms. The summed E-state index contributed by atoms with van der Waals surface area (Å²) in [4.78, 5) is 28.2. The van der Waals surface area contributed by atoms with Gasteiger partial charge < -0.3 is 14.5 Å². The number of amides is 1. The number of hydrogen-bond acceptors (Lipinski definition) is 4. The average molecular weight is 356 g/mol. The van der Waals surface area contributed by atoms with Gasteiger partial charge in [0, 0.05) is 44.2 Å². The number of ether oxygens (including phenoxy) is 1. The van der Waals surface area contributed by atoms with Gasteiger partial charge in [-0.3, -0.25) is 9.59 Å². The third-order valence-corrected chi connectivity index (χ3v) is 6.45. The number of hydrogen-bond donors (Lipinski definition) is 0. The van der Waals surface area contributed by atoms with Gasteiger partial charge in [0.2, 0.25) is 5.91 Å². The van der Waals surface area contributed by atoms with Gasteiger partial charge in [0.1, 0.15) is 0 Å². The van der Waals surface area contributed by atoms with Crippen molar-refractivity contribution in [2.75, 3.05) is 38.7 Å². The summed E-state index contributed by atoms with van der Waals surface area (Å²) >= 11 is 0. The number of carbonyl (C=O) groups excluding carboxylic acids is 2. The largest absolute Gasteiger partial charge is 0.465 e. The van der Waals surface area contributed by atoms with Gasteiger partial charge >= 0.3 is 5.97 Å². The van der Waals surface area contributed by atoms with E-state index in [9.17, 15) is 9.59 Å². The summed E-state index contributed by atoms with van der Waals surface area (Å²) in [7, 11) is 4.11. The van der Waals surface area contributed by atoms with Crippen LogP contribution in [0.4, 0.5) is 5.69 Å². The van der Waals surface area contributed by atoms with E-state index in [0.717, 1.165) is 38.8 Å². The van der Waals surface area contributed by atoms with E-state index >= 15 is 0 Å². The number of nitrogens with zero attached hydrogens (tertiary/aromatic N) is 2. The van der Waals surface area contributed by atoms with Crippen molar-refractivity contribution < 1.29 is 14.3 Å². The minimum Gasteiger partial charge on any atom is -0.465 e. The number of carbonyl (C=O) groups is 2. The quantitative estimate of drug-likeness (QED) is 0.782. The highest BCUT2D eigenvalue weighted by molar-refractivity contribution is 5.81. The normalized spacial score (nSPS) is 28.8. The minimum absolute atomic E-state index is 0.0239. The predicted octanol–water partition coefficient (Wildman–Crippen LogP) is 2.80. The molecule has 0 unspecified atom stereocenters. The molecular formula is C21H28N2O3. The molecule has 2 heterocycles. The van der Waals surface area contributed by atoms with Gasteiger partial charge in [0.05, 0.1) is 13.0 Å². The number of esters is 1. The highest BCUT2D eigenvalue weighted by atomic mass is 16.5. The lowest BCUT2D eigenvalue weighted by atomic mass is 9.61. The van der Waals surface area contributed by atoms with E-state index in [1.54, 1.807) is 0 Å². The lowest BCUT2D eigenvalue weighted by Crippen LogP contribution is -2.49. The zero-order valence-electron chi connectivity index (χ0n) is 15.7. The summed E-state index contributed by atoms with van der Waals surface area (Å²) in [6, 6.07) is 8.80. The number of benzene rings is 1. The number of piperidine rings is 1. The maximum absolute atomic E-state index is 12.8. The zero-order chi connectivity index (χ0) is 18.3. The van der Waals surface area contributed by atoms with E-state index in [2.05, 4.69) is 43.3 Å². The zero-order valence-corrected chi connectivity index (χ0v) is 15.7. The molecule has 1 spiro atoms. The SMILES string of the molecule is CN(C)c1ccc(C2CCN(C(=O)C3CC4(COC(=O)C4)C3)CC2)cc1. The Morgan fingerprint density at radius 2 is 1.81 bits per heavy atom. The van der Waals surface area contributed by atoms with Gasteiger partial charge in [-0.25, -0.2) is 0 Å². The summed E-state index contributed by atoms with van der Waals surface area (Å²) in [6.07, 6.45) is 4.22. The van der Waals surface area contributed by atoms with E-state index < -0.39 is 0 Å². The minimum atomic E-state index is -0.100. The van der Waals surface area contributed by atoms with Crippen molar-refractivity contribution in [1.29, 1.82) is 0 Å². The predicted molar refractivity (Wildman–Crippen MR) is 100 cm³/mol. The molecule has 0 bridgehead atoms. The summed E-state index contributed by atoms with van der Waals surface area (Å²) in [5.74, 6) is 0.831. The van der Waals surface area contributed by atoms with Crippen LogP contribution in [0.25, 0.3) is 0 Å². The van der Waals surface area contributed by atoms with E-state index in [0.29, 0.717) is 18.9 Å². The van der Waals surface area contributed by atoms with Crippen LogP contribution in [-0.2, 0) is 14.3 Å². The van der Waals surface area contributed by atoms with Crippen molar-refractivity contribution in [3.8, 4) is 0 Å². The van der Waals surface area contributed by atoms with E-state index in [1.165, 1.54) is 11.3 Å². The first-order chi connectivity index (χ1) is 12.5.